The Morgan fingerprint density at radius 1 is 1.11 bits per heavy atom. The summed E-state index contributed by atoms with van der Waals surface area (Å²) in [6.07, 6.45) is -6.83. The van der Waals surface area contributed by atoms with E-state index in [9.17, 15) is 24.9 Å². The fraction of sp³-hybridized carbons (Fsp3) is 0.556. The van der Waals surface area contributed by atoms with Crippen molar-refractivity contribution >= 4 is 17.6 Å². The van der Waals surface area contributed by atoms with Gasteiger partial charge in [0.05, 0.1) is 5.92 Å². The average Bonchev–Trinajstić information content (AvgIpc) is 2.61. The van der Waals surface area contributed by atoms with Crippen LogP contribution in [0.4, 0.5) is 5.69 Å². The Labute approximate surface area is 156 Å². The summed E-state index contributed by atoms with van der Waals surface area (Å²) in [7, 11) is 0. The lowest BCUT2D eigenvalue weighted by Crippen LogP contribution is -2.60. The summed E-state index contributed by atoms with van der Waals surface area (Å²) in [5, 5.41) is 32.8. The van der Waals surface area contributed by atoms with Crippen LogP contribution >= 0.6 is 0 Å². The topological polar surface area (TPSA) is 135 Å². The second-order valence-corrected chi connectivity index (χ2v) is 6.62. The van der Waals surface area contributed by atoms with Crippen molar-refractivity contribution in [2.24, 2.45) is 5.92 Å². The van der Waals surface area contributed by atoms with Crippen molar-refractivity contribution in [1.29, 1.82) is 0 Å². The fourth-order valence-electron chi connectivity index (χ4n) is 2.44. The molecular weight excluding hydrogens is 358 g/mol. The molecule has 1 aliphatic heterocycles. The maximum absolute atomic E-state index is 11.6. The van der Waals surface area contributed by atoms with Gasteiger partial charge in [0.25, 0.3) is 0 Å². The number of rotatable bonds is 6. The summed E-state index contributed by atoms with van der Waals surface area (Å²) in [6.45, 7) is 4.42. The highest BCUT2D eigenvalue weighted by molar-refractivity contribution is 5.88. The van der Waals surface area contributed by atoms with Gasteiger partial charge in [0.15, 0.2) is 0 Å². The van der Waals surface area contributed by atoms with E-state index in [2.05, 4.69) is 5.32 Å². The molecule has 1 amide bonds. The molecule has 5 unspecified atom stereocenters. The van der Waals surface area contributed by atoms with Gasteiger partial charge >= 0.3 is 5.97 Å². The summed E-state index contributed by atoms with van der Waals surface area (Å²) in [6, 6.07) is 6.29. The second kappa shape index (κ2) is 9.14. The van der Waals surface area contributed by atoms with Crippen LogP contribution in [-0.4, -0.2) is 64.5 Å². The Morgan fingerprint density at radius 3 is 2.30 bits per heavy atom. The van der Waals surface area contributed by atoms with Gasteiger partial charge in [0.1, 0.15) is 36.8 Å². The van der Waals surface area contributed by atoms with E-state index in [0.717, 1.165) is 0 Å². The van der Waals surface area contributed by atoms with Crippen LogP contribution < -0.4 is 10.1 Å². The summed E-state index contributed by atoms with van der Waals surface area (Å²) >= 11 is 0. The standard InChI is InChI=1S/C18H25NO8/c1-9(2)17(24)25-8-13-14(21)15(22)16(23)18(27-13)26-12-6-4-11(5-7-12)19-10(3)20/h4-7,9,13-16,18,21-23H,8H2,1-3H3,(H,19,20). The minimum Gasteiger partial charge on any atom is -0.463 e. The number of nitrogens with one attached hydrogen (secondary N) is 1. The third kappa shape index (κ3) is 5.64. The highest BCUT2D eigenvalue weighted by Crippen LogP contribution is 2.25. The molecule has 9 nitrogen and oxygen atoms in total. The van der Waals surface area contributed by atoms with Gasteiger partial charge in [-0.05, 0) is 24.3 Å². The zero-order valence-corrected chi connectivity index (χ0v) is 15.4. The van der Waals surface area contributed by atoms with Crippen LogP contribution in [0.3, 0.4) is 0 Å². The number of carbonyl (C=O) groups excluding carboxylic acids is 2. The fourth-order valence-corrected chi connectivity index (χ4v) is 2.44. The molecule has 150 valence electrons. The molecule has 0 radical (unpaired) electrons. The largest absolute Gasteiger partial charge is 0.463 e. The first-order valence-electron chi connectivity index (χ1n) is 8.59. The van der Waals surface area contributed by atoms with Gasteiger partial charge in [-0.1, -0.05) is 13.8 Å². The molecule has 1 saturated heterocycles. The van der Waals surface area contributed by atoms with Crippen molar-refractivity contribution in [2.45, 2.75) is 51.5 Å². The van der Waals surface area contributed by atoms with E-state index in [1.54, 1.807) is 38.1 Å². The molecule has 5 atom stereocenters. The molecule has 9 heteroatoms. The van der Waals surface area contributed by atoms with Crippen molar-refractivity contribution < 1.29 is 39.1 Å². The predicted molar refractivity (Wildman–Crippen MR) is 93.9 cm³/mol. The molecule has 1 heterocycles. The number of hydrogen-bond acceptors (Lipinski definition) is 8. The molecule has 2 rings (SSSR count). The highest BCUT2D eigenvalue weighted by Gasteiger charge is 2.45. The van der Waals surface area contributed by atoms with Crippen molar-refractivity contribution in [3.8, 4) is 5.75 Å². The minimum absolute atomic E-state index is 0.217. The van der Waals surface area contributed by atoms with Crippen LogP contribution in [0.2, 0.25) is 0 Å². The van der Waals surface area contributed by atoms with Gasteiger partial charge in [-0.3, -0.25) is 9.59 Å². The molecule has 1 aliphatic rings. The predicted octanol–water partition coefficient (Wildman–Crippen LogP) is 0.0306. The van der Waals surface area contributed by atoms with Crippen LogP contribution in [-0.2, 0) is 19.1 Å². The number of aliphatic hydroxyl groups is 3. The van der Waals surface area contributed by atoms with Gasteiger partial charge in [-0.2, -0.15) is 0 Å². The lowest BCUT2D eigenvalue weighted by Gasteiger charge is -2.40. The van der Waals surface area contributed by atoms with Gasteiger partial charge in [0, 0.05) is 12.6 Å². The van der Waals surface area contributed by atoms with E-state index in [1.165, 1.54) is 6.92 Å². The summed E-state index contributed by atoms with van der Waals surface area (Å²) in [5.41, 5.74) is 0.564. The molecule has 4 N–H and O–H groups in total. The Balaban J connectivity index is 2.02. The van der Waals surface area contributed by atoms with Gasteiger partial charge < -0.3 is 34.8 Å². The molecule has 0 bridgehead atoms. The monoisotopic (exact) mass is 383 g/mol. The number of aliphatic hydroxyl groups excluding tert-OH is 3. The van der Waals surface area contributed by atoms with Gasteiger partial charge in [-0.25, -0.2) is 0 Å². The Morgan fingerprint density at radius 2 is 1.74 bits per heavy atom. The van der Waals surface area contributed by atoms with E-state index in [0.29, 0.717) is 11.4 Å². The number of benzene rings is 1. The first-order valence-corrected chi connectivity index (χ1v) is 8.59. The van der Waals surface area contributed by atoms with Crippen LogP contribution in [0.15, 0.2) is 24.3 Å². The van der Waals surface area contributed by atoms with Gasteiger partial charge in [-0.15, -0.1) is 0 Å². The molecule has 0 spiro atoms. The van der Waals surface area contributed by atoms with Crippen LogP contribution in [0.1, 0.15) is 20.8 Å². The molecule has 27 heavy (non-hydrogen) atoms. The SMILES string of the molecule is CC(=O)Nc1ccc(OC2OC(COC(=O)C(C)C)C(O)C(O)C2O)cc1. The van der Waals surface area contributed by atoms with E-state index in [4.69, 9.17) is 14.2 Å². The number of hydrogen-bond donors (Lipinski definition) is 4. The summed E-state index contributed by atoms with van der Waals surface area (Å²) < 4.78 is 16.1. The van der Waals surface area contributed by atoms with E-state index >= 15 is 0 Å². The Kier molecular flexibility index (Phi) is 7.14. The molecule has 1 aromatic carbocycles. The Hall–Kier alpha value is -2.20. The third-order valence-electron chi connectivity index (χ3n) is 3.96. The van der Waals surface area contributed by atoms with E-state index in [1.807, 2.05) is 0 Å². The third-order valence-corrected chi connectivity index (χ3v) is 3.96. The van der Waals surface area contributed by atoms with E-state index < -0.39 is 36.7 Å². The zero-order valence-electron chi connectivity index (χ0n) is 15.4. The van der Waals surface area contributed by atoms with Crippen LogP contribution in [0.5, 0.6) is 5.75 Å². The van der Waals surface area contributed by atoms with Gasteiger partial charge in [0.2, 0.25) is 12.2 Å². The molecular formula is C18H25NO8. The lowest BCUT2D eigenvalue weighted by atomic mass is 9.99. The first-order chi connectivity index (χ1) is 12.7. The second-order valence-electron chi connectivity index (χ2n) is 6.62. The summed E-state index contributed by atoms with van der Waals surface area (Å²) in [4.78, 5) is 22.6. The smallest absolute Gasteiger partial charge is 0.308 e. The number of esters is 1. The van der Waals surface area contributed by atoms with Crippen LogP contribution in [0, 0.1) is 5.92 Å². The maximum Gasteiger partial charge on any atom is 0.308 e. The van der Waals surface area contributed by atoms with Crippen molar-refractivity contribution in [3.63, 3.8) is 0 Å². The molecule has 0 aliphatic carbocycles. The number of anilines is 1. The van der Waals surface area contributed by atoms with Crippen LogP contribution in [0.25, 0.3) is 0 Å². The lowest BCUT2D eigenvalue weighted by molar-refractivity contribution is -0.278. The molecule has 0 aromatic heterocycles. The highest BCUT2D eigenvalue weighted by atomic mass is 16.7. The minimum atomic E-state index is -1.54. The number of carbonyl (C=O) groups is 2. The van der Waals surface area contributed by atoms with Crippen molar-refractivity contribution in [1.82, 2.24) is 0 Å². The quantitative estimate of drug-likeness (QED) is 0.506. The van der Waals surface area contributed by atoms with E-state index in [-0.39, 0.29) is 18.4 Å². The molecule has 1 aromatic rings. The maximum atomic E-state index is 11.6. The van der Waals surface area contributed by atoms with Crippen molar-refractivity contribution in [3.05, 3.63) is 24.3 Å². The molecule has 1 fully saturated rings. The Bertz CT molecular complexity index is 647. The van der Waals surface area contributed by atoms with Crippen molar-refractivity contribution in [2.75, 3.05) is 11.9 Å². The average molecular weight is 383 g/mol. The number of ether oxygens (including phenoxy) is 3. The summed E-state index contributed by atoms with van der Waals surface area (Å²) in [5.74, 6) is -0.729. The molecule has 0 saturated carbocycles. The normalized spacial score (nSPS) is 27.9. The first kappa shape index (κ1) is 21.1. The number of amides is 1. The zero-order chi connectivity index (χ0) is 20.1.